The average molecular weight is 246 g/mol. The van der Waals surface area contributed by atoms with Crippen LogP contribution in [0.5, 0.6) is 0 Å². The van der Waals surface area contributed by atoms with Gasteiger partial charge in [-0.15, -0.1) is 0 Å². The maximum absolute atomic E-state index is 5.51. The predicted octanol–water partition coefficient (Wildman–Crippen LogP) is 3.04. The second-order valence-electron chi connectivity index (χ2n) is 3.25. The zero-order valence-electron chi connectivity index (χ0n) is 9.50. The number of hydrogen-bond donors (Lipinski definition) is 1. The monoisotopic (exact) mass is 246 g/mol. The molecule has 0 amide bonds. The van der Waals surface area contributed by atoms with Crippen molar-refractivity contribution in [1.82, 2.24) is 0 Å². The SMILES string of the molecule is C=C(C)O[Si](CS)(OC(=C)C)OC(=C)C. The van der Waals surface area contributed by atoms with Crippen molar-refractivity contribution in [1.29, 1.82) is 0 Å². The minimum atomic E-state index is -2.89. The van der Waals surface area contributed by atoms with Gasteiger partial charge >= 0.3 is 8.80 Å². The summed E-state index contributed by atoms with van der Waals surface area (Å²) < 4.78 is 16.5. The summed E-state index contributed by atoms with van der Waals surface area (Å²) in [4.78, 5) is 0. The summed E-state index contributed by atoms with van der Waals surface area (Å²) in [7, 11) is -2.89. The second kappa shape index (κ2) is 5.92. The number of allylic oxidation sites excluding steroid dienone is 3. The lowest BCUT2D eigenvalue weighted by Gasteiger charge is -2.29. The molecule has 0 aromatic heterocycles. The Hall–Kier alpha value is -0.813. The molecule has 0 bridgehead atoms. The third kappa shape index (κ3) is 5.59. The zero-order valence-corrected chi connectivity index (χ0v) is 11.4. The van der Waals surface area contributed by atoms with Crippen molar-refractivity contribution >= 4 is 21.4 Å². The second-order valence-corrected chi connectivity index (χ2v) is 6.50. The van der Waals surface area contributed by atoms with E-state index in [1.165, 1.54) is 0 Å². The fourth-order valence-electron chi connectivity index (χ4n) is 0.956. The molecule has 0 aliphatic carbocycles. The quantitative estimate of drug-likeness (QED) is 0.425. The van der Waals surface area contributed by atoms with Gasteiger partial charge in [-0.1, -0.05) is 19.7 Å². The largest absolute Gasteiger partial charge is 0.708 e. The van der Waals surface area contributed by atoms with E-state index >= 15 is 0 Å². The van der Waals surface area contributed by atoms with Crippen molar-refractivity contribution < 1.29 is 13.3 Å². The van der Waals surface area contributed by atoms with Crippen LogP contribution >= 0.6 is 12.6 Å². The lowest BCUT2D eigenvalue weighted by atomic mass is 10.7. The van der Waals surface area contributed by atoms with Gasteiger partial charge in [-0.05, 0) is 20.8 Å². The van der Waals surface area contributed by atoms with Crippen LogP contribution in [0.4, 0.5) is 0 Å². The molecule has 86 valence electrons. The van der Waals surface area contributed by atoms with E-state index in [9.17, 15) is 0 Å². The van der Waals surface area contributed by atoms with Crippen molar-refractivity contribution in [2.45, 2.75) is 20.8 Å². The van der Waals surface area contributed by atoms with Crippen LogP contribution in [0.15, 0.2) is 37.0 Å². The average Bonchev–Trinajstić information content (AvgIpc) is 1.99. The normalized spacial score (nSPS) is 10.4. The van der Waals surface area contributed by atoms with Crippen LogP contribution in [0.2, 0.25) is 0 Å². The molecule has 15 heavy (non-hydrogen) atoms. The summed E-state index contributed by atoms with van der Waals surface area (Å²) in [5, 5.41) is 0.333. The van der Waals surface area contributed by atoms with E-state index in [1.54, 1.807) is 20.8 Å². The first-order valence-corrected chi connectivity index (χ1v) is 7.02. The molecule has 0 radical (unpaired) electrons. The van der Waals surface area contributed by atoms with Crippen LogP contribution in [0.1, 0.15) is 20.8 Å². The van der Waals surface area contributed by atoms with Gasteiger partial charge < -0.3 is 13.3 Å². The molecule has 0 rings (SSSR count). The van der Waals surface area contributed by atoms with Crippen LogP contribution in [-0.4, -0.2) is 14.2 Å². The Morgan fingerprint density at radius 3 is 1.33 bits per heavy atom. The van der Waals surface area contributed by atoms with E-state index in [-0.39, 0.29) is 0 Å². The third-order valence-corrected chi connectivity index (χ3v) is 4.71. The highest BCUT2D eigenvalue weighted by atomic mass is 32.1. The molecular weight excluding hydrogens is 228 g/mol. The molecule has 0 fully saturated rings. The summed E-state index contributed by atoms with van der Waals surface area (Å²) in [6.45, 7) is 16.2. The Morgan fingerprint density at radius 2 is 1.20 bits per heavy atom. The molecule has 0 N–H and O–H groups in total. The van der Waals surface area contributed by atoms with Gasteiger partial charge in [0.15, 0.2) is 0 Å². The molecule has 0 unspecified atom stereocenters. The number of thiol groups is 1. The highest BCUT2D eigenvalue weighted by molar-refractivity contribution is 7.82. The topological polar surface area (TPSA) is 27.7 Å². The molecule has 3 nitrogen and oxygen atoms in total. The summed E-state index contributed by atoms with van der Waals surface area (Å²) in [5.41, 5.74) is 0. The van der Waals surface area contributed by atoms with Crippen LogP contribution in [0.3, 0.4) is 0 Å². The standard InChI is InChI=1S/C10H18O3SSi/c1-8(2)11-15(7-14,12-9(3)4)13-10(5)6/h14H,1,3,5,7H2,2,4,6H3. The van der Waals surface area contributed by atoms with Crippen LogP contribution in [0, 0.1) is 0 Å². The molecule has 5 heteroatoms. The first kappa shape index (κ1) is 14.2. The van der Waals surface area contributed by atoms with Crippen molar-refractivity contribution in [3.05, 3.63) is 37.0 Å². The molecule has 0 atom stereocenters. The van der Waals surface area contributed by atoms with Gasteiger partial charge in [-0.2, -0.15) is 12.6 Å². The Labute approximate surface area is 98.2 Å². The Kier molecular flexibility index (Phi) is 5.60. The molecule has 0 aromatic carbocycles. The molecule has 0 aliphatic rings. The molecule has 0 aromatic rings. The number of hydrogen-bond acceptors (Lipinski definition) is 4. The van der Waals surface area contributed by atoms with E-state index in [2.05, 4.69) is 32.4 Å². The van der Waals surface area contributed by atoms with Crippen molar-refractivity contribution in [2.24, 2.45) is 0 Å². The van der Waals surface area contributed by atoms with Crippen molar-refractivity contribution in [3.8, 4) is 0 Å². The van der Waals surface area contributed by atoms with Crippen LogP contribution in [-0.2, 0) is 13.3 Å². The number of rotatable bonds is 7. The molecule has 0 aliphatic heterocycles. The van der Waals surface area contributed by atoms with E-state index in [0.717, 1.165) is 0 Å². The van der Waals surface area contributed by atoms with Gasteiger partial charge in [-0.3, -0.25) is 0 Å². The lowest BCUT2D eigenvalue weighted by molar-refractivity contribution is 0.152. The maximum atomic E-state index is 5.51. The predicted molar refractivity (Wildman–Crippen MR) is 67.3 cm³/mol. The molecule has 0 saturated carbocycles. The van der Waals surface area contributed by atoms with Gasteiger partial charge in [0.05, 0.1) is 22.7 Å². The maximum Gasteiger partial charge on any atom is 0.708 e. The summed E-state index contributed by atoms with van der Waals surface area (Å²) in [6, 6.07) is 0. The fraction of sp³-hybridized carbons (Fsp3) is 0.400. The van der Waals surface area contributed by atoms with Crippen LogP contribution in [0.25, 0.3) is 0 Å². The molecular formula is C10H18O3SSi. The van der Waals surface area contributed by atoms with Crippen molar-refractivity contribution in [2.75, 3.05) is 5.38 Å². The van der Waals surface area contributed by atoms with Crippen LogP contribution < -0.4 is 0 Å². The van der Waals surface area contributed by atoms with E-state index in [0.29, 0.717) is 22.7 Å². The molecule has 0 heterocycles. The fourth-order valence-corrected chi connectivity index (χ4v) is 3.45. The minimum absolute atomic E-state index is 0.333. The summed E-state index contributed by atoms with van der Waals surface area (Å²) in [5.74, 6) is 1.58. The first-order chi connectivity index (χ1) is 6.81. The van der Waals surface area contributed by atoms with E-state index in [1.807, 2.05) is 0 Å². The lowest BCUT2D eigenvalue weighted by Crippen LogP contribution is -2.47. The highest BCUT2D eigenvalue weighted by Crippen LogP contribution is 2.20. The van der Waals surface area contributed by atoms with E-state index < -0.39 is 8.80 Å². The van der Waals surface area contributed by atoms with Crippen molar-refractivity contribution in [3.63, 3.8) is 0 Å². The molecule has 0 spiro atoms. The van der Waals surface area contributed by atoms with Gasteiger partial charge in [0.2, 0.25) is 0 Å². The van der Waals surface area contributed by atoms with Gasteiger partial charge in [0.1, 0.15) is 0 Å². The van der Waals surface area contributed by atoms with Gasteiger partial charge in [0.25, 0.3) is 0 Å². The smallest absolute Gasteiger partial charge is 0.488 e. The Morgan fingerprint density at radius 1 is 0.933 bits per heavy atom. The minimum Gasteiger partial charge on any atom is -0.488 e. The Balaban J connectivity index is 4.81. The van der Waals surface area contributed by atoms with Gasteiger partial charge in [0, 0.05) is 0 Å². The Bertz CT molecular complexity index is 235. The van der Waals surface area contributed by atoms with E-state index in [4.69, 9.17) is 13.3 Å². The zero-order chi connectivity index (χ0) is 12.1. The first-order valence-electron chi connectivity index (χ1n) is 4.46. The summed E-state index contributed by atoms with van der Waals surface area (Å²) in [6.07, 6.45) is 0. The third-order valence-electron chi connectivity index (χ3n) is 1.18. The molecule has 0 saturated heterocycles. The van der Waals surface area contributed by atoms with Gasteiger partial charge in [-0.25, -0.2) is 0 Å². The summed E-state index contributed by atoms with van der Waals surface area (Å²) >= 11 is 4.19. The highest BCUT2D eigenvalue weighted by Gasteiger charge is 2.47.